The standard InChI is InChI=1S/C20H30N4O2/c1-16-6-5-11-23(15-16)12-9-22-20(26)24-13-10-21-19(25)14-18(24)17-7-3-2-4-8-17/h2-4,7-8,16,18H,5-6,9-15H2,1H3,(H,21,25)(H,22,26). The van der Waals surface area contributed by atoms with Crippen molar-refractivity contribution in [2.75, 3.05) is 39.3 Å². The zero-order valence-corrected chi connectivity index (χ0v) is 15.6. The fraction of sp³-hybridized carbons (Fsp3) is 0.600. The van der Waals surface area contributed by atoms with E-state index in [4.69, 9.17) is 0 Å². The number of carbonyl (C=O) groups excluding carboxylic acids is 2. The predicted molar refractivity (Wildman–Crippen MR) is 102 cm³/mol. The minimum atomic E-state index is -0.214. The highest BCUT2D eigenvalue weighted by atomic mass is 16.2. The van der Waals surface area contributed by atoms with E-state index in [1.165, 1.54) is 12.8 Å². The molecule has 0 bridgehead atoms. The molecule has 2 fully saturated rings. The van der Waals surface area contributed by atoms with Crippen LogP contribution in [-0.4, -0.2) is 61.0 Å². The summed E-state index contributed by atoms with van der Waals surface area (Å²) in [7, 11) is 0. The Morgan fingerprint density at radius 1 is 1.27 bits per heavy atom. The lowest BCUT2D eigenvalue weighted by molar-refractivity contribution is -0.121. The third-order valence-electron chi connectivity index (χ3n) is 5.32. The van der Waals surface area contributed by atoms with Crippen LogP contribution in [0.2, 0.25) is 0 Å². The van der Waals surface area contributed by atoms with Crippen molar-refractivity contribution in [1.29, 1.82) is 0 Å². The van der Waals surface area contributed by atoms with Gasteiger partial charge in [0.05, 0.1) is 12.5 Å². The Kier molecular flexibility index (Phi) is 6.50. The van der Waals surface area contributed by atoms with E-state index in [9.17, 15) is 9.59 Å². The lowest BCUT2D eigenvalue weighted by Crippen LogP contribution is -2.46. The fourth-order valence-electron chi connectivity index (χ4n) is 3.96. The molecule has 142 valence electrons. The molecular formula is C20H30N4O2. The highest BCUT2D eigenvalue weighted by Gasteiger charge is 2.29. The molecule has 2 N–H and O–H groups in total. The number of nitrogens with zero attached hydrogens (tertiary/aromatic N) is 2. The Balaban J connectivity index is 1.59. The summed E-state index contributed by atoms with van der Waals surface area (Å²) in [6.07, 6.45) is 2.85. The van der Waals surface area contributed by atoms with Gasteiger partial charge in [0.2, 0.25) is 5.91 Å². The number of nitrogens with one attached hydrogen (secondary N) is 2. The summed E-state index contributed by atoms with van der Waals surface area (Å²) in [6, 6.07) is 9.52. The average Bonchev–Trinajstić information content (AvgIpc) is 2.84. The van der Waals surface area contributed by atoms with Gasteiger partial charge in [-0.05, 0) is 30.9 Å². The number of rotatable bonds is 4. The highest BCUT2D eigenvalue weighted by molar-refractivity contribution is 5.80. The van der Waals surface area contributed by atoms with Crippen LogP contribution in [0.3, 0.4) is 0 Å². The lowest BCUT2D eigenvalue weighted by atomic mass is 10.0. The Morgan fingerprint density at radius 2 is 2.08 bits per heavy atom. The van der Waals surface area contributed by atoms with Gasteiger partial charge < -0.3 is 20.4 Å². The molecule has 1 aromatic carbocycles. The second-order valence-corrected chi connectivity index (χ2v) is 7.45. The number of likely N-dealkylation sites (tertiary alicyclic amines) is 1. The van der Waals surface area contributed by atoms with Crippen molar-refractivity contribution in [3.8, 4) is 0 Å². The smallest absolute Gasteiger partial charge is 0.318 e. The molecule has 2 aliphatic heterocycles. The molecule has 1 aromatic rings. The van der Waals surface area contributed by atoms with E-state index in [0.29, 0.717) is 26.1 Å². The van der Waals surface area contributed by atoms with Crippen LogP contribution in [0.1, 0.15) is 37.8 Å². The molecule has 0 aromatic heterocycles. The minimum Gasteiger partial charge on any atom is -0.354 e. The minimum absolute atomic E-state index is 0.00328. The normalized spacial score (nSPS) is 24.7. The van der Waals surface area contributed by atoms with E-state index in [-0.39, 0.29) is 18.0 Å². The highest BCUT2D eigenvalue weighted by Crippen LogP contribution is 2.25. The van der Waals surface area contributed by atoms with Crippen molar-refractivity contribution < 1.29 is 9.59 Å². The monoisotopic (exact) mass is 358 g/mol. The molecule has 6 nitrogen and oxygen atoms in total. The van der Waals surface area contributed by atoms with Gasteiger partial charge in [-0.3, -0.25) is 4.79 Å². The first kappa shape index (κ1) is 18.7. The number of piperidine rings is 1. The second kappa shape index (κ2) is 9.03. The predicted octanol–water partition coefficient (Wildman–Crippen LogP) is 1.99. The lowest BCUT2D eigenvalue weighted by Gasteiger charge is -2.32. The maximum Gasteiger partial charge on any atom is 0.318 e. The van der Waals surface area contributed by atoms with E-state index in [1.54, 1.807) is 4.90 Å². The van der Waals surface area contributed by atoms with Crippen molar-refractivity contribution in [1.82, 2.24) is 20.4 Å². The van der Waals surface area contributed by atoms with E-state index in [0.717, 1.165) is 31.1 Å². The van der Waals surface area contributed by atoms with Crippen LogP contribution in [0.4, 0.5) is 4.79 Å². The van der Waals surface area contributed by atoms with E-state index in [2.05, 4.69) is 22.5 Å². The van der Waals surface area contributed by atoms with Crippen LogP contribution in [0, 0.1) is 5.92 Å². The van der Waals surface area contributed by atoms with Crippen LogP contribution < -0.4 is 10.6 Å². The van der Waals surface area contributed by atoms with Crippen LogP contribution >= 0.6 is 0 Å². The fourth-order valence-corrected chi connectivity index (χ4v) is 3.96. The second-order valence-electron chi connectivity index (χ2n) is 7.45. The van der Waals surface area contributed by atoms with Gasteiger partial charge in [-0.2, -0.15) is 0 Å². The Hall–Kier alpha value is -2.08. The van der Waals surface area contributed by atoms with Crippen LogP contribution in [-0.2, 0) is 4.79 Å². The summed E-state index contributed by atoms with van der Waals surface area (Å²) in [5.74, 6) is 0.737. The molecule has 2 aliphatic rings. The van der Waals surface area contributed by atoms with Crippen molar-refractivity contribution in [2.45, 2.75) is 32.2 Å². The molecule has 2 unspecified atom stereocenters. The molecule has 2 heterocycles. The first-order chi connectivity index (χ1) is 12.6. The summed E-state index contributed by atoms with van der Waals surface area (Å²) >= 11 is 0. The first-order valence-electron chi connectivity index (χ1n) is 9.72. The maximum atomic E-state index is 12.8. The van der Waals surface area contributed by atoms with Crippen molar-refractivity contribution in [3.63, 3.8) is 0 Å². The molecule has 0 saturated carbocycles. The number of amides is 3. The third-order valence-corrected chi connectivity index (χ3v) is 5.32. The van der Waals surface area contributed by atoms with Gasteiger partial charge in [0.25, 0.3) is 0 Å². The molecule has 0 aliphatic carbocycles. The first-order valence-corrected chi connectivity index (χ1v) is 9.72. The maximum absolute atomic E-state index is 12.8. The number of carbonyl (C=O) groups is 2. The summed E-state index contributed by atoms with van der Waals surface area (Å²) in [6.45, 7) is 7.08. The summed E-state index contributed by atoms with van der Waals surface area (Å²) in [5.41, 5.74) is 1.00. The average molecular weight is 358 g/mol. The van der Waals surface area contributed by atoms with Crippen LogP contribution in [0.25, 0.3) is 0 Å². The van der Waals surface area contributed by atoms with Gasteiger partial charge >= 0.3 is 6.03 Å². The number of benzene rings is 1. The van der Waals surface area contributed by atoms with Crippen molar-refractivity contribution in [2.24, 2.45) is 5.92 Å². The van der Waals surface area contributed by atoms with E-state index in [1.807, 2.05) is 30.3 Å². The molecular weight excluding hydrogens is 328 g/mol. The number of hydrogen-bond acceptors (Lipinski definition) is 3. The van der Waals surface area contributed by atoms with Gasteiger partial charge in [-0.1, -0.05) is 37.3 Å². The molecule has 2 atom stereocenters. The van der Waals surface area contributed by atoms with Crippen LogP contribution in [0.15, 0.2) is 30.3 Å². The summed E-state index contributed by atoms with van der Waals surface area (Å²) in [4.78, 5) is 29.0. The Morgan fingerprint density at radius 3 is 2.85 bits per heavy atom. The van der Waals surface area contributed by atoms with Gasteiger partial charge in [-0.15, -0.1) is 0 Å². The van der Waals surface area contributed by atoms with Crippen molar-refractivity contribution in [3.05, 3.63) is 35.9 Å². The molecule has 6 heteroatoms. The van der Waals surface area contributed by atoms with Gasteiger partial charge in [0.15, 0.2) is 0 Å². The molecule has 0 radical (unpaired) electrons. The number of urea groups is 1. The SMILES string of the molecule is CC1CCCN(CCNC(=O)N2CCNC(=O)CC2c2ccccc2)C1. The van der Waals surface area contributed by atoms with Crippen molar-refractivity contribution >= 4 is 11.9 Å². The zero-order valence-electron chi connectivity index (χ0n) is 15.6. The summed E-state index contributed by atoms with van der Waals surface area (Å²) in [5, 5.41) is 5.94. The Bertz CT molecular complexity index is 607. The van der Waals surface area contributed by atoms with Gasteiger partial charge in [0.1, 0.15) is 0 Å². The molecule has 3 rings (SSSR count). The Labute approximate surface area is 155 Å². The quantitative estimate of drug-likeness (QED) is 0.865. The number of hydrogen-bond donors (Lipinski definition) is 2. The van der Waals surface area contributed by atoms with Gasteiger partial charge in [0, 0.05) is 32.7 Å². The third kappa shape index (κ3) is 4.97. The molecule has 2 saturated heterocycles. The van der Waals surface area contributed by atoms with E-state index < -0.39 is 0 Å². The van der Waals surface area contributed by atoms with Crippen LogP contribution in [0.5, 0.6) is 0 Å². The molecule has 3 amide bonds. The largest absolute Gasteiger partial charge is 0.354 e. The summed E-state index contributed by atoms with van der Waals surface area (Å²) < 4.78 is 0. The molecule has 26 heavy (non-hydrogen) atoms. The van der Waals surface area contributed by atoms with E-state index >= 15 is 0 Å². The molecule has 0 spiro atoms. The van der Waals surface area contributed by atoms with Gasteiger partial charge in [-0.25, -0.2) is 4.79 Å². The topological polar surface area (TPSA) is 64.7 Å². The zero-order chi connectivity index (χ0) is 18.4.